The topological polar surface area (TPSA) is 67.2 Å². The van der Waals surface area contributed by atoms with Crippen molar-refractivity contribution in [2.75, 3.05) is 19.7 Å². The molecule has 2 amide bonds. The Hall–Kier alpha value is -2.12. The highest BCUT2D eigenvalue weighted by atomic mass is 35.5. The molecule has 2 atom stereocenters. The Morgan fingerprint density at radius 2 is 2.21 bits per heavy atom. The van der Waals surface area contributed by atoms with Gasteiger partial charge in [-0.1, -0.05) is 11.6 Å². The van der Waals surface area contributed by atoms with Crippen LogP contribution in [0.3, 0.4) is 0 Å². The molecule has 3 aliphatic rings. The van der Waals surface area contributed by atoms with Crippen LogP contribution in [0.15, 0.2) is 24.5 Å². The molecule has 5 rings (SSSR count). The van der Waals surface area contributed by atoms with Crippen molar-refractivity contribution in [1.82, 2.24) is 19.2 Å². The number of pyridine rings is 1. The van der Waals surface area contributed by atoms with E-state index in [1.807, 2.05) is 0 Å². The second-order valence-electron chi connectivity index (χ2n) is 6.45. The Labute approximate surface area is 142 Å². The molecule has 1 spiro atoms. The fraction of sp³-hybridized carbons (Fsp3) is 0.438. The lowest BCUT2D eigenvalue weighted by molar-refractivity contribution is -0.136. The highest BCUT2D eigenvalue weighted by Gasteiger charge is 2.63. The SMILES string of the molecule is O=C(c1cn2cc(Cl)ccc2n1)N1CC[C@@]23OCCN2C(=O)C[C@@H]13. The molecule has 0 bridgehead atoms. The molecule has 2 aromatic heterocycles. The number of halogens is 1. The fourth-order valence-corrected chi connectivity index (χ4v) is 4.42. The quantitative estimate of drug-likeness (QED) is 0.777. The number of rotatable bonds is 1. The molecule has 7 nitrogen and oxygen atoms in total. The van der Waals surface area contributed by atoms with E-state index < -0.39 is 5.72 Å². The maximum Gasteiger partial charge on any atom is 0.274 e. The van der Waals surface area contributed by atoms with Gasteiger partial charge in [-0.3, -0.25) is 9.59 Å². The number of aromatic nitrogens is 2. The lowest BCUT2D eigenvalue weighted by Crippen LogP contribution is -2.48. The molecule has 0 radical (unpaired) electrons. The van der Waals surface area contributed by atoms with E-state index in [0.29, 0.717) is 48.9 Å². The molecule has 3 fully saturated rings. The summed E-state index contributed by atoms with van der Waals surface area (Å²) in [6.45, 7) is 1.73. The third kappa shape index (κ3) is 1.74. The second kappa shape index (κ2) is 4.70. The summed E-state index contributed by atoms with van der Waals surface area (Å²) in [4.78, 5) is 33.1. The van der Waals surface area contributed by atoms with Crippen molar-refractivity contribution < 1.29 is 14.3 Å². The van der Waals surface area contributed by atoms with Crippen LogP contribution in [0, 0.1) is 0 Å². The molecule has 2 aromatic rings. The van der Waals surface area contributed by atoms with Crippen LogP contribution in [0.1, 0.15) is 23.3 Å². The van der Waals surface area contributed by atoms with Crippen LogP contribution in [-0.2, 0) is 9.53 Å². The van der Waals surface area contributed by atoms with Gasteiger partial charge in [-0.05, 0) is 12.1 Å². The Balaban J connectivity index is 1.50. The van der Waals surface area contributed by atoms with E-state index in [-0.39, 0.29) is 17.9 Å². The van der Waals surface area contributed by atoms with Gasteiger partial charge in [-0.25, -0.2) is 4.98 Å². The van der Waals surface area contributed by atoms with Crippen LogP contribution >= 0.6 is 11.6 Å². The van der Waals surface area contributed by atoms with Gasteiger partial charge in [0.05, 0.1) is 24.1 Å². The van der Waals surface area contributed by atoms with Gasteiger partial charge in [-0.15, -0.1) is 0 Å². The zero-order valence-electron chi connectivity index (χ0n) is 12.8. The number of carbonyl (C=O) groups excluding carboxylic acids is 2. The van der Waals surface area contributed by atoms with Crippen molar-refractivity contribution in [3.8, 4) is 0 Å². The van der Waals surface area contributed by atoms with Crippen molar-refractivity contribution >= 4 is 29.1 Å². The van der Waals surface area contributed by atoms with Gasteiger partial charge in [-0.2, -0.15) is 0 Å². The lowest BCUT2D eigenvalue weighted by Gasteiger charge is -2.31. The van der Waals surface area contributed by atoms with E-state index in [9.17, 15) is 9.59 Å². The van der Waals surface area contributed by atoms with E-state index in [1.54, 1.807) is 38.7 Å². The van der Waals surface area contributed by atoms with Crippen molar-refractivity contribution in [2.45, 2.75) is 24.6 Å². The van der Waals surface area contributed by atoms with Gasteiger partial charge in [0.15, 0.2) is 5.72 Å². The van der Waals surface area contributed by atoms with Gasteiger partial charge in [0.2, 0.25) is 5.91 Å². The molecule has 0 unspecified atom stereocenters. The Kier molecular flexibility index (Phi) is 2.79. The minimum absolute atomic E-state index is 0.0665. The Bertz CT molecular complexity index is 881. The molecule has 0 saturated carbocycles. The summed E-state index contributed by atoms with van der Waals surface area (Å²) in [5.74, 6) is -0.0985. The number of ether oxygens (including phenoxy) is 1. The molecule has 8 heteroatoms. The maximum absolute atomic E-state index is 13.0. The zero-order valence-corrected chi connectivity index (χ0v) is 13.6. The molecule has 3 aliphatic heterocycles. The minimum atomic E-state index is -0.616. The van der Waals surface area contributed by atoms with Crippen LogP contribution in [-0.4, -0.2) is 62.5 Å². The van der Waals surface area contributed by atoms with Crippen LogP contribution in [0.25, 0.3) is 5.65 Å². The maximum atomic E-state index is 13.0. The van der Waals surface area contributed by atoms with E-state index in [1.165, 1.54) is 0 Å². The highest BCUT2D eigenvalue weighted by Crippen LogP contribution is 2.45. The highest BCUT2D eigenvalue weighted by molar-refractivity contribution is 6.30. The van der Waals surface area contributed by atoms with Crippen molar-refractivity contribution in [2.24, 2.45) is 0 Å². The van der Waals surface area contributed by atoms with E-state index in [2.05, 4.69) is 4.98 Å². The number of hydrogen-bond donors (Lipinski definition) is 0. The number of likely N-dealkylation sites (tertiary alicyclic amines) is 1. The summed E-state index contributed by atoms with van der Waals surface area (Å²) in [5, 5.41) is 0.579. The first-order valence-electron chi connectivity index (χ1n) is 7.98. The van der Waals surface area contributed by atoms with Crippen LogP contribution in [0.5, 0.6) is 0 Å². The molecule has 124 valence electrons. The largest absolute Gasteiger partial charge is 0.351 e. The molecular formula is C16H15ClN4O3. The average molecular weight is 347 g/mol. The Morgan fingerprint density at radius 3 is 3.08 bits per heavy atom. The third-order valence-electron chi connectivity index (χ3n) is 5.30. The minimum Gasteiger partial charge on any atom is -0.351 e. The van der Waals surface area contributed by atoms with Crippen LogP contribution < -0.4 is 0 Å². The van der Waals surface area contributed by atoms with Gasteiger partial charge < -0.3 is 18.9 Å². The number of carbonyl (C=O) groups is 2. The predicted octanol–water partition coefficient (Wildman–Crippen LogP) is 1.16. The molecule has 5 heterocycles. The fourth-order valence-electron chi connectivity index (χ4n) is 4.25. The summed E-state index contributed by atoms with van der Waals surface area (Å²) in [7, 11) is 0. The van der Waals surface area contributed by atoms with Gasteiger partial charge in [0, 0.05) is 31.9 Å². The standard InChI is InChI=1S/C16H15ClN4O3/c17-10-1-2-13-18-11(9-19(13)8-10)15(23)20-4-3-16-12(20)7-14(22)21(16)5-6-24-16/h1-2,8-9,12H,3-7H2/t12-,16+/m1/s1. The summed E-state index contributed by atoms with van der Waals surface area (Å²) in [6.07, 6.45) is 4.38. The molecule has 0 N–H and O–H groups in total. The van der Waals surface area contributed by atoms with Crippen LogP contribution in [0.4, 0.5) is 0 Å². The monoisotopic (exact) mass is 346 g/mol. The van der Waals surface area contributed by atoms with E-state index >= 15 is 0 Å². The molecule has 0 aromatic carbocycles. The van der Waals surface area contributed by atoms with Crippen molar-refractivity contribution in [3.05, 3.63) is 35.2 Å². The third-order valence-corrected chi connectivity index (χ3v) is 5.52. The molecule has 3 saturated heterocycles. The summed E-state index contributed by atoms with van der Waals surface area (Å²) in [5.41, 5.74) is 0.408. The smallest absolute Gasteiger partial charge is 0.274 e. The molecule has 24 heavy (non-hydrogen) atoms. The zero-order chi connectivity index (χ0) is 16.5. The Morgan fingerprint density at radius 1 is 1.33 bits per heavy atom. The van der Waals surface area contributed by atoms with Gasteiger partial charge >= 0.3 is 0 Å². The number of hydrogen-bond acceptors (Lipinski definition) is 4. The number of fused-ring (bicyclic) bond motifs is 1. The summed E-state index contributed by atoms with van der Waals surface area (Å²) in [6, 6.07) is 3.28. The number of nitrogens with zero attached hydrogens (tertiary/aromatic N) is 4. The molecular weight excluding hydrogens is 332 g/mol. The second-order valence-corrected chi connectivity index (χ2v) is 6.88. The van der Waals surface area contributed by atoms with E-state index in [0.717, 1.165) is 0 Å². The summed E-state index contributed by atoms with van der Waals surface area (Å²) >= 11 is 5.98. The van der Waals surface area contributed by atoms with Gasteiger partial charge in [0.1, 0.15) is 11.3 Å². The average Bonchev–Trinajstić information content (AvgIpc) is 3.27. The molecule has 0 aliphatic carbocycles. The summed E-state index contributed by atoms with van der Waals surface area (Å²) < 4.78 is 7.65. The first kappa shape index (κ1) is 14.2. The predicted molar refractivity (Wildman–Crippen MR) is 84.7 cm³/mol. The van der Waals surface area contributed by atoms with E-state index in [4.69, 9.17) is 16.3 Å². The number of imidazole rings is 1. The number of amides is 2. The van der Waals surface area contributed by atoms with Gasteiger partial charge in [0.25, 0.3) is 5.91 Å². The van der Waals surface area contributed by atoms with Crippen molar-refractivity contribution in [1.29, 1.82) is 0 Å². The first-order chi connectivity index (χ1) is 11.6. The normalized spacial score (nSPS) is 28.7. The lowest BCUT2D eigenvalue weighted by atomic mass is 10.1. The van der Waals surface area contributed by atoms with Crippen molar-refractivity contribution in [3.63, 3.8) is 0 Å². The van der Waals surface area contributed by atoms with Crippen LogP contribution in [0.2, 0.25) is 5.02 Å². The first-order valence-corrected chi connectivity index (χ1v) is 8.36.